The maximum atomic E-state index is 11.3. The standard InChI is InChI=1S/C12H14N4O4/c13-8(17)7-20-6-4-14-11-10(12(18)19)16-5-2-1-3-9(16)15-11/h1-3,5,14H,4,6-7H2,(H2,13,17)(H,18,19). The maximum Gasteiger partial charge on any atom is 0.356 e. The third kappa shape index (κ3) is 3.04. The summed E-state index contributed by atoms with van der Waals surface area (Å²) in [5.74, 6) is -1.38. The van der Waals surface area contributed by atoms with Crippen molar-refractivity contribution in [2.75, 3.05) is 25.1 Å². The highest BCUT2D eigenvalue weighted by molar-refractivity contribution is 5.92. The molecule has 2 rings (SSSR count). The molecule has 8 heteroatoms. The van der Waals surface area contributed by atoms with Gasteiger partial charge >= 0.3 is 5.97 Å². The van der Waals surface area contributed by atoms with E-state index in [2.05, 4.69) is 10.3 Å². The lowest BCUT2D eigenvalue weighted by Gasteiger charge is -2.04. The molecular formula is C12H14N4O4. The van der Waals surface area contributed by atoms with Crippen molar-refractivity contribution in [3.05, 3.63) is 30.1 Å². The van der Waals surface area contributed by atoms with Crippen LogP contribution in [0.25, 0.3) is 5.65 Å². The number of hydrogen-bond donors (Lipinski definition) is 3. The smallest absolute Gasteiger partial charge is 0.356 e. The zero-order chi connectivity index (χ0) is 14.5. The number of carbonyl (C=O) groups excluding carboxylic acids is 1. The van der Waals surface area contributed by atoms with Gasteiger partial charge in [0, 0.05) is 12.7 Å². The van der Waals surface area contributed by atoms with Crippen LogP contribution in [0.1, 0.15) is 10.5 Å². The lowest BCUT2D eigenvalue weighted by Crippen LogP contribution is -2.21. The second kappa shape index (κ2) is 6.02. The number of amides is 1. The second-order valence-corrected chi connectivity index (χ2v) is 3.99. The Balaban J connectivity index is 2.07. The molecule has 0 atom stereocenters. The minimum Gasteiger partial charge on any atom is -0.476 e. The Bertz CT molecular complexity index is 637. The number of hydrogen-bond acceptors (Lipinski definition) is 5. The summed E-state index contributed by atoms with van der Waals surface area (Å²) < 4.78 is 6.45. The minimum atomic E-state index is -1.08. The highest BCUT2D eigenvalue weighted by Gasteiger charge is 2.17. The number of ether oxygens (including phenoxy) is 1. The van der Waals surface area contributed by atoms with Crippen molar-refractivity contribution >= 4 is 23.3 Å². The van der Waals surface area contributed by atoms with Gasteiger partial charge in [0.25, 0.3) is 0 Å². The van der Waals surface area contributed by atoms with Gasteiger partial charge in [0.1, 0.15) is 12.3 Å². The molecule has 1 amide bonds. The highest BCUT2D eigenvalue weighted by Crippen LogP contribution is 2.17. The fourth-order valence-corrected chi connectivity index (χ4v) is 1.74. The number of anilines is 1. The van der Waals surface area contributed by atoms with Crippen LogP contribution in [0.4, 0.5) is 5.82 Å². The van der Waals surface area contributed by atoms with Gasteiger partial charge in [0.05, 0.1) is 6.61 Å². The van der Waals surface area contributed by atoms with E-state index in [0.717, 1.165) is 0 Å². The van der Waals surface area contributed by atoms with Gasteiger partial charge in [0.15, 0.2) is 11.5 Å². The van der Waals surface area contributed by atoms with Gasteiger partial charge in [-0.1, -0.05) is 6.07 Å². The summed E-state index contributed by atoms with van der Waals surface area (Å²) in [5.41, 5.74) is 5.51. The average Bonchev–Trinajstić information content (AvgIpc) is 2.76. The van der Waals surface area contributed by atoms with Crippen molar-refractivity contribution in [2.45, 2.75) is 0 Å². The van der Waals surface area contributed by atoms with Gasteiger partial charge in [0.2, 0.25) is 5.91 Å². The maximum absolute atomic E-state index is 11.3. The number of fused-ring (bicyclic) bond motifs is 1. The van der Waals surface area contributed by atoms with E-state index in [4.69, 9.17) is 10.5 Å². The summed E-state index contributed by atoms with van der Waals surface area (Å²) in [6, 6.07) is 5.20. The molecule has 0 fully saturated rings. The van der Waals surface area contributed by atoms with Crippen LogP contribution < -0.4 is 11.1 Å². The zero-order valence-electron chi connectivity index (χ0n) is 10.6. The van der Waals surface area contributed by atoms with E-state index in [9.17, 15) is 14.7 Å². The van der Waals surface area contributed by atoms with Gasteiger partial charge in [-0.25, -0.2) is 9.78 Å². The molecule has 2 heterocycles. The topological polar surface area (TPSA) is 119 Å². The predicted octanol–water partition coefficient (Wildman–Crippen LogP) is -0.0537. The fraction of sp³-hybridized carbons (Fsp3) is 0.250. The van der Waals surface area contributed by atoms with Crippen molar-refractivity contribution < 1.29 is 19.4 Å². The molecule has 0 aliphatic rings. The second-order valence-electron chi connectivity index (χ2n) is 3.99. The Labute approximate surface area is 114 Å². The third-order valence-electron chi connectivity index (χ3n) is 2.52. The molecule has 0 saturated carbocycles. The van der Waals surface area contributed by atoms with E-state index in [1.165, 1.54) is 4.40 Å². The number of imidazole rings is 1. The summed E-state index contributed by atoms with van der Waals surface area (Å²) in [7, 11) is 0. The van der Waals surface area contributed by atoms with Crippen LogP contribution in [0.3, 0.4) is 0 Å². The summed E-state index contributed by atoms with van der Waals surface area (Å²) in [5, 5.41) is 12.1. The van der Waals surface area contributed by atoms with Crippen molar-refractivity contribution in [1.82, 2.24) is 9.38 Å². The van der Waals surface area contributed by atoms with E-state index in [-0.39, 0.29) is 24.7 Å². The molecule has 0 saturated heterocycles. The van der Waals surface area contributed by atoms with E-state index in [1.807, 2.05) is 0 Å². The van der Waals surface area contributed by atoms with Crippen LogP contribution in [-0.4, -0.2) is 46.1 Å². The molecule has 0 aliphatic heterocycles. The number of aromatic nitrogens is 2. The highest BCUT2D eigenvalue weighted by atomic mass is 16.5. The third-order valence-corrected chi connectivity index (χ3v) is 2.52. The van der Waals surface area contributed by atoms with Crippen LogP contribution in [0, 0.1) is 0 Å². The Morgan fingerprint density at radius 1 is 1.45 bits per heavy atom. The Kier molecular flexibility index (Phi) is 4.16. The van der Waals surface area contributed by atoms with Gasteiger partial charge in [-0.15, -0.1) is 0 Å². The molecule has 0 aromatic carbocycles. The molecule has 2 aromatic heterocycles. The zero-order valence-corrected chi connectivity index (χ0v) is 10.6. The molecule has 4 N–H and O–H groups in total. The first-order valence-corrected chi connectivity index (χ1v) is 5.90. The van der Waals surface area contributed by atoms with Crippen molar-refractivity contribution in [2.24, 2.45) is 5.73 Å². The molecule has 20 heavy (non-hydrogen) atoms. The number of carboxylic acid groups (broad SMARTS) is 1. The number of nitrogens with one attached hydrogen (secondary N) is 1. The van der Waals surface area contributed by atoms with E-state index >= 15 is 0 Å². The number of nitrogens with zero attached hydrogens (tertiary/aromatic N) is 2. The molecule has 0 radical (unpaired) electrons. The van der Waals surface area contributed by atoms with Crippen molar-refractivity contribution in [3.8, 4) is 0 Å². The normalized spacial score (nSPS) is 10.6. The molecular weight excluding hydrogens is 264 g/mol. The molecule has 0 aliphatic carbocycles. The largest absolute Gasteiger partial charge is 0.476 e. The quantitative estimate of drug-likeness (QED) is 0.611. The SMILES string of the molecule is NC(=O)COCCNc1nc2ccccn2c1C(=O)O. The number of carboxylic acids is 1. The first kappa shape index (κ1) is 13.8. The van der Waals surface area contributed by atoms with Crippen LogP contribution in [0.5, 0.6) is 0 Å². The van der Waals surface area contributed by atoms with E-state index in [0.29, 0.717) is 12.2 Å². The fourth-order valence-electron chi connectivity index (χ4n) is 1.74. The number of aromatic carboxylic acids is 1. The van der Waals surface area contributed by atoms with Crippen LogP contribution in [0.15, 0.2) is 24.4 Å². The monoisotopic (exact) mass is 278 g/mol. The predicted molar refractivity (Wildman–Crippen MR) is 70.7 cm³/mol. The summed E-state index contributed by atoms with van der Waals surface area (Å²) in [6.45, 7) is 0.367. The summed E-state index contributed by atoms with van der Waals surface area (Å²) in [6.07, 6.45) is 1.63. The van der Waals surface area contributed by atoms with E-state index < -0.39 is 11.9 Å². The summed E-state index contributed by atoms with van der Waals surface area (Å²) in [4.78, 5) is 25.9. The lowest BCUT2D eigenvalue weighted by atomic mass is 10.4. The first-order chi connectivity index (χ1) is 9.59. The number of pyridine rings is 1. The van der Waals surface area contributed by atoms with Crippen molar-refractivity contribution in [3.63, 3.8) is 0 Å². The van der Waals surface area contributed by atoms with Crippen molar-refractivity contribution in [1.29, 1.82) is 0 Å². The summed E-state index contributed by atoms with van der Waals surface area (Å²) >= 11 is 0. The molecule has 0 spiro atoms. The first-order valence-electron chi connectivity index (χ1n) is 5.90. The van der Waals surface area contributed by atoms with Crippen LogP contribution in [-0.2, 0) is 9.53 Å². The minimum absolute atomic E-state index is 0.0514. The van der Waals surface area contributed by atoms with E-state index in [1.54, 1.807) is 24.4 Å². The molecule has 2 aromatic rings. The molecule has 0 unspecified atom stereocenters. The van der Waals surface area contributed by atoms with Gasteiger partial charge in [-0.05, 0) is 12.1 Å². The number of nitrogens with two attached hydrogens (primary N) is 1. The Hall–Kier alpha value is -2.61. The number of carbonyl (C=O) groups is 2. The average molecular weight is 278 g/mol. The van der Waals surface area contributed by atoms with Gasteiger partial charge < -0.3 is 20.9 Å². The molecule has 8 nitrogen and oxygen atoms in total. The molecule has 106 valence electrons. The van der Waals surface area contributed by atoms with Gasteiger partial charge in [-0.2, -0.15) is 0 Å². The molecule has 0 bridgehead atoms. The van der Waals surface area contributed by atoms with Gasteiger partial charge in [-0.3, -0.25) is 9.20 Å². The number of primary amides is 1. The Morgan fingerprint density at radius 2 is 2.25 bits per heavy atom. The Morgan fingerprint density at radius 3 is 2.95 bits per heavy atom. The van der Waals surface area contributed by atoms with Crippen LogP contribution >= 0.6 is 0 Å². The lowest BCUT2D eigenvalue weighted by molar-refractivity contribution is -0.122. The van der Waals surface area contributed by atoms with Crippen LogP contribution in [0.2, 0.25) is 0 Å². The number of rotatable bonds is 7.